The minimum atomic E-state index is -0.758. The van der Waals surface area contributed by atoms with Crippen LogP contribution in [0.15, 0.2) is 42.5 Å². The summed E-state index contributed by atoms with van der Waals surface area (Å²) in [7, 11) is 1.27. The van der Waals surface area contributed by atoms with E-state index in [9.17, 15) is 29.3 Å². The lowest BCUT2D eigenvalue weighted by Gasteiger charge is -2.16. The van der Waals surface area contributed by atoms with Gasteiger partial charge in [-0.15, -0.1) is 0 Å². The Morgan fingerprint density at radius 2 is 1.88 bits per heavy atom. The maximum Gasteiger partial charge on any atom is 0.337 e. The van der Waals surface area contributed by atoms with Crippen LogP contribution in [0.1, 0.15) is 22.3 Å². The highest BCUT2D eigenvalue weighted by atomic mass is 16.6. The van der Waals surface area contributed by atoms with Gasteiger partial charge in [0.25, 0.3) is 11.6 Å². The number of nitro benzene ring substituents is 1. The van der Waals surface area contributed by atoms with Crippen molar-refractivity contribution >= 4 is 40.8 Å². The number of aryl methyl sites for hydroxylation is 1. The first-order valence-corrected chi connectivity index (χ1v) is 9.90. The molecule has 3 rings (SSSR count). The fourth-order valence-corrected chi connectivity index (χ4v) is 3.35. The molecule has 11 nitrogen and oxygen atoms in total. The Morgan fingerprint density at radius 3 is 2.52 bits per heavy atom. The van der Waals surface area contributed by atoms with Gasteiger partial charge in [0.1, 0.15) is 0 Å². The molecule has 1 fully saturated rings. The van der Waals surface area contributed by atoms with Gasteiger partial charge in [-0.05, 0) is 37.3 Å². The number of nitro groups is 1. The van der Waals surface area contributed by atoms with Gasteiger partial charge in [-0.1, -0.05) is 6.07 Å². The normalized spacial score (nSPS) is 15.2. The Morgan fingerprint density at radius 1 is 1.18 bits per heavy atom. The van der Waals surface area contributed by atoms with Crippen molar-refractivity contribution in [3.8, 4) is 0 Å². The van der Waals surface area contributed by atoms with E-state index in [0.717, 1.165) is 0 Å². The first kappa shape index (κ1) is 23.4. The Kier molecular flexibility index (Phi) is 7.01. The summed E-state index contributed by atoms with van der Waals surface area (Å²) in [6.07, 6.45) is -0.0800. The molecule has 1 heterocycles. The number of nitrogens with one attached hydrogen (secondary N) is 1. The molecule has 0 radical (unpaired) electrons. The molecule has 11 heteroatoms. The van der Waals surface area contributed by atoms with Gasteiger partial charge in [0.15, 0.2) is 6.61 Å². The van der Waals surface area contributed by atoms with Crippen LogP contribution in [-0.2, 0) is 23.9 Å². The number of carbonyl (C=O) groups is 4. The third kappa shape index (κ3) is 5.50. The molecule has 0 bridgehead atoms. The van der Waals surface area contributed by atoms with Crippen LogP contribution in [0.3, 0.4) is 0 Å². The van der Waals surface area contributed by atoms with Crippen molar-refractivity contribution in [2.24, 2.45) is 5.92 Å². The van der Waals surface area contributed by atoms with E-state index in [1.165, 1.54) is 42.3 Å². The second-order valence-electron chi connectivity index (χ2n) is 7.36. The summed E-state index contributed by atoms with van der Waals surface area (Å²) in [5.41, 5.74) is 1.34. The number of carbonyl (C=O) groups excluding carboxylic acids is 4. The molecule has 1 aliphatic heterocycles. The summed E-state index contributed by atoms with van der Waals surface area (Å²) in [6, 6.07) is 10.4. The SMILES string of the molecule is COC(=O)c1ccc(N2C[C@H](C(=O)OCC(=O)Nc3ccc(C)c([N+](=O)[O-])c3)CC2=O)cc1. The van der Waals surface area contributed by atoms with E-state index in [4.69, 9.17) is 4.74 Å². The third-order valence-corrected chi connectivity index (χ3v) is 5.09. The van der Waals surface area contributed by atoms with Gasteiger partial charge in [-0.25, -0.2) is 4.79 Å². The fourth-order valence-electron chi connectivity index (χ4n) is 3.35. The summed E-state index contributed by atoms with van der Waals surface area (Å²) >= 11 is 0. The Labute approximate surface area is 188 Å². The van der Waals surface area contributed by atoms with E-state index in [0.29, 0.717) is 16.8 Å². The molecule has 0 unspecified atom stereocenters. The fraction of sp³-hybridized carbons (Fsp3) is 0.273. The van der Waals surface area contributed by atoms with Crippen LogP contribution in [0.25, 0.3) is 0 Å². The number of hydrogen-bond donors (Lipinski definition) is 1. The predicted molar refractivity (Wildman–Crippen MR) is 116 cm³/mol. The quantitative estimate of drug-likeness (QED) is 0.380. The number of nitrogens with zero attached hydrogens (tertiary/aromatic N) is 2. The zero-order chi connectivity index (χ0) is 24.1. The maximum absolute atomic E-state index is 12.4. The molecular weight excluding hydrogens is 434 g/mol. The summed E-state index contributed by atoms with van der Waals surface area (Å²) < 4.78 is 9.67. The van der Waals surface area contributed by atoms with Crippen LogP contribution < -0.4 is 10.2 Å². The summed E-state index contributed by atoms with van der Waals surface area (Å²) in [5, 5.41) is 13.4. The molecule has 1 atom stereocenters. The maximum atomic E-state index is 12.4. The van der Waals surface area contributed by atoms with Crippen molar-refractivity contribution in [2.45, 2.75) is 13.3 Å². The Bertz CT molecular complexity index is 1110. The molecule has 2 aromatic rings. The average Bonchev–Trinajstić information content (AvgIpc) is 3.19. The number of anilines is 2. The van der Waals surface area contributed by atoms with E-state index in [2.05, 4.69) is 10.1 Å². The smallest absolute Gasteiger partial charge is 0.337 e. The molecular formula is C22H21N3O8. The summed E-state index contributed by atoms with van der Waals surface area (Å²) in [5.74, 6) is -2.93. The average molecular weight is 455 g/mol. The second kappa shape index (κ2) is 9.90. The number of esters is 2. The molecule has 2 aromatic carbocycles. The van der Waals surface area contributed by atoms with Gasteiger partial charge in [0, 0.05) is 36.0 Å². The van der Waals surface area contributed by atoms with E-state index in [-0.39, 0.29) is 30.2 Å². The van der Waals surface area contributed by atoms with Gasteiger partial charge in [0.05, 0.1) is 23.5 Å². The molecule has 1 saturated heterocycles. The second-order valence-corrected chi connectivity index (χ2v) is 7.36. The number of rotatable bonds is 7. The zero-order valence-corrected chi connectivity index (χ0v) is 17.9. The van der Waals surface area contributed by atoms with Crippen LogP contribution in [0.4, 0.5) is 17.1 Å². The van der Waals surface area contributed by atoms with E-state index < -0.39 is 35.3 Å². The van der Waals surface area contributed by atoms with Gasteiger partial charge in [-0.3, -0.25) is 24.5 Å². The minimum absolute atomic E-state index is 0.0704. The number of hydrogen-bond acceptors (Lipinski definition) is 8. The van der Waals surface area contributed by atoms with E-state index >= 15 is 0 Å². The van der Waals surface area contributed by atoms with Crippen LogP contribution in [-0.4, -0.2) is 48.9 Å². The number of methoxy groups -OCH3 is 1. The Hall–Kier alpha value is -4.28. The van der Waals surface area contributed by atoms with Crippen LogP contribution in [0, 0.1) is 23.0 Å². The van der Waals surface area contributed by atoms with Gasteiger partial charge < -0.3 is 19.7 Å². The van der Waals surface area contributed by atoms with Gasteiger partial charge in [-0.2, -0.15) is 0 Å². The molecule has 172 valence electrons. The first-order chi connectivity index (χ1) is 15.7. The monoisotopic (exact) mass is 455 g/mol. The Balaban J connectivity index is 1.54. The highest BCUT2D eigenvalue weighted by Gasteiger charge is 2.36. The number of benzene rings is 2. The van der Waals surface area contributed by atoms with Crippen molar-refractivity contribution in [2.75, 3.05) is 30.5 Å². The highest BCUT2D eigenvalue weighted by Crippen LogP contribution is 2.26. The van der Waals surface area contributed by atoms with E-state index in [1.807, 2.05) is 0 Å². The lowest BCUT2D eigenvalue weighted by molar-refractivity contribution is -0.385. The van der Waals surface area contributed by atoms with Crippen molar-refractivity contribution in [1.82, 2.24) is 0 Å². The third-order valence-electron chi connectivity index (χ3n) is 5.09. The topological polar surface area (TPSA) is 145 Å². The molecule has 2 amide bonds. The molecule has 1 aliphatic rings. The highest BCUT2D eigenvalue weighted by molar-refractivity contribution is 6.00. The van der Waals surface area contributed by atoms with Gasteiger partial charge >= 0.3 is 11.9 Å². The lowest BCUT2D eigenvalue weighted by atomic mass is 10.1. The standard InChI is InChI=1S/C22H21N3O8/c1-13-3-6-16(10-18(13)25(30)31)23-19(26)12-33-22(29)15-9-20(27)24(11-15)17-7-4-14(5-8-17)21(28)32-2/h3-8,10,15H,9,11-12H2,1-2H3,(H,23,26)/t15-/m1/s1. The summed E-state index contributed by atoms with van der Waals surface area (Å²) in [4.78, 5) is 60.2. The van der Waals surface area contributed by atoms with Crippen LogP contribution in [0.2, 0.25) is 0 Å². The van der Waals surface area contributed by atoms with Gasteiger partial charge in [0.2, 0.25) is 5.91 Å². The summed E-state index contributed by atoms with van der Waals surface area (Å²) in [6.45, 7) is 1.05. The van der Waals surface area contributed by atoms with E-state index in [1.54, 1.807) is 19.1 Å². The lowest BCUT2D eigenvalue weighted by Crippen LogP contribution is -2.28. The zero-order valence-electron chi connectivity index (χ0n) is 17.9. The first-order valence-electron chi connectivity index (χ1n) is 9.90. The van der Waals surface area contributed by atoms with Crippen molar-refractivity contribution in [1.29, 1.82) is 0 Å². The minimum Gasteiger partial charge on any atom is -0.465 e. The molecule has 33 heavy (non-hydrogen) atoms. The largest absolute Gasteiger partial charge is 0.465 e. The molecule has 0 saturated carbocycles. The molecule has 0 aromatic heterocycles. The van der Waals surface area contributed by atoms with Crippen molar-refractivity contribution in [3.63, 3.8) is 0 Å². The molecule has 1 N–H and O–H groups in total. The van der Waals surface area contributed by atoms with Crippen molar-refractivity contribution in [3.05, 3.63) is 63.7 Å². The molecule has 0 spiro atoms. The predicted octanol–water partition coefficient (Wildman–Crippen LogP) is 2.22. The van der Waals surface area contributed by atoms with Crippen LogP contribution >= 0.6 is 0 Å². The van der Waals surface area contributed by atoms with Crippen LogP contribution in [0.5, 0.6) is 0 Å². The number of amides is 2. The van der Waals surface area contributed by atoms with Crippen molar-refractivity contribution < 1.29 is 33.6 Å². The number of ether oxygens (including phenoxy) is 2. The molecule has 0 aliphatic carbocycles.